The summed E-state index contributed by atoms with van der Waals surface area (Å²) in [5, 5.41) is 1.43. The molecule has 30 heavy (non-hydrogen) atoms. The van der Waals surface area contributed by atoms with E-state index in [-0.39, 0.29) is 6.04 Å². The lowest BCUT2D eigenvalue weighted by molar-refractivity contribution is -0.120. The SMILES string of the molecule is Cc1c(C2C[Si](C)(C)CCN2C=O)cc(-c2ccc(Cl)cc2)n1-c1ccc(Cl)cc1. The van der Waals surface area contributed by atoms with E-state index >= 15 is 0 Å². The third kappa shape index (κ3) is 4.09. The predicted octanol–water partition coefficient (Wildman–Crippen LogP) is 6.98. The number of carbonyl (C=O) groups is 1. The van der Waals surface area contributed by atoms with Crippen molar-refractivity contribution < 1.29 is 4.79 Å². The van der Waals surface area contributed by atoms with Gasteiger partial charge in [0.2, 0.25) is 6.41 Å². The van der Waals surface area contributed by atoms with Crippen LogP contribution in [0, 0.1) is 6.92 Å². The van der Waals surface area contributed by atoms with E-state index in [2.05, 4.69) is 30.7 Å². The summed E-state index contributed by atoms with van der Waals surface area (Å²) in [5.41, 5.74) is 5.62. The molecule has 3 aromatic rings. The van der Waals surface area contributed by atoms with Crippen molar-refractivity contribution in [3.63, 3.8) is 0 Å². The third-order valence-corrected chi connectivity index (χ3v) is 9.77. The van der Waals surface area contributed by atoms with Crippen molar-refractivity contribution in [3.8, 4) is 16.9 Å². The number of amides is 1. The first kappa shape index (κ1) is 21.2. The van der Waals surface area contributed by atoms with Crippen molar-refractivity contribution >= 4 is 37.7 Å². The van der Waals surface area contributed by atoms with Gasteiger partial charge < -0.3 is 9.47 Å². The molecule has 2 heterocycles. The number of rotatable bonds is 4. The zero-order valence-corrected chi connectivity index (χ0v) is 20.0. The van der Waals surface area contributed by atoms with Gasteiger partial charge in [0.1, 0.15) is 0 Å². The molecule has 1 aliphatic rings. The van der Waals surface area contributed by atoms with Gasteiger partial charge in [0.05, 0.1) is 19.8 Å². The van der Waals surface area contributed by atoms with Crippen LogP contribution >= 0.6 is 23.2 Å². The van der Waals surface area contributed by atoms with Gasteiger partial charge in [-0.25, -0.2) is 0 Å². The van der Waals surface area contributed by atoms with Gasteiger partial charge in [0.15, 0.2) is 0 Å². The average Bonchev–Trinajstić information content (AvgIpc) is 3.05. The second kappa shape index (κ2) is 8.25. The van der Waals surface area contributed by atoms with E-state index in [4.69, 9.17) is 23.2 Å². The highest BCUT2D eigenvalue weighted by molar-refractivity contribution is 6.77. The lowest BCUT2D eigenvalue weighted by Gasteiger charge is -2.40. The van der Waals surface area contributed by atoms with Crippen LogP contribution in [-0.2, 0) is 4.79 Å². The highest BCUT2D eigenvalue weighted by Crippen LogP contribution is 2.41. The summed E-state index contributed by atoms with van der Waals surface area (Å²) in [6.45, 7) is 7.84. The molecule has 0 aliphatic carbocycles. The summed E-state index contributed by atoms with van der Waals surface area (Å²) in [6, 6.07) is 20.4. The first-order chi connectivity index (χ1) is 14.3. The molecule has 4 rings (SSSR count). The number of aromatic nitrogens is 1. The maximum absolute atomic E-state index is 11.9. The molecule has 1 aromatic heterocycles. The van der Waals surface area contributed by atoms with Gasteiger partial charge in [-0.05, 0) is 72.6 Å². The number of carbonyl (C=O) groups excluding carboxylic acids is 1. The molecular formula is C24H26Cl2N2OSi. The summed E-state index contributed by atoms with van der Waals surface area (Å²) >= 11 is 12.3. The number of nitrogens with zero attached hydrogens (tertiary/aromatic N) is 2. The number of hydrogen-bond acceptors (Lipinski definition) is 1. The smallest absolute Gasteiger partial charge is 0.210 e. The Morgan fingerprint density at radius 1 is 1.00 bits per heavy atom. The molecule has 1 saturated heterocycles. The van der Waals surface area contributed by atoms with Crippen molar-refractivity contribution in [3.05, 3.63) is 75.9 Å². The quantitative estimate of drug-likeness (QED) is 0.306. The highest BCUT2D eigenvalue weighted by atomic mass is 35.5. The molecule has 2 aromatic carbocycles. The Kier molecular flexibility index (Phi) is 5.84. The number of hydrogen-bond donors (Lipinski definition) is 0. The summed E-state index contributed by atoms with van der Waals surface area (Å²) in [5.74, 6) is 0. The van der Waals surface area contributed by atoms with Crippen LogP contribution in [0.25, 0.3) is 16.9 Å². The maximum atomic E-state index is 11.9. The summed E-state index contributed by atoms with van der Waals surface area (Å²) < 4.78 is 2.26. The second-order valence-corrected chi connectivity index (χ2v) is 15.0. The van der Waals surface area contributed by atoms with Crippen molar-refractivity contribution in [2.75, 3.05) is 6.54 Å². The van der Waals surface area contributed by atoms with Crippen LogP contribution in [0.2, 0.25) is 35.2 Å². The van der Waals surface area contributed by atoms with Crippen molar-refractivity contribution in [1.82, 2.24) is 9.47 Å². The van der Waals surface area contributed by atoms with E-state index in [9.17, 15) is 4.79 Å². The van der Waals surface area contributed by atoms with Crippen molar-refractivity contribution in [2.24, 2.45) is 0 Å². The standard InChI is InChI=1S/C24H26Cl2N2OSi/c1-17-22(24-15-30(2,3)13-12-27(24)16-29)14-23(18-4-6-19(25)7-5-18)28(17)21-10-8-20(26)9-11-21/h4-11,14,16,24H,12-13,15H2,1-3H3. The summed E-state index contributed by atoms with van der Waals surface area (Å²) in [7, 11) is -1.34. The monoisotopic (exact) mass is 456 g/mol. The highest BCUT2D eigenvalue weighted by Gasteiger charge is 2.36. The van der Waals surface area contributed by atoms with Gasteiger partial charge >= 0.3 is 0 Å². The van der Waals surface area contributed by atoms with E-state index in [0.29, 0.717) is 10.0 Å². The third-order valence-electron chi connectivity index (χ3n) is 6.20. The molecule has 0 radical (unpaired) electrons. The van der Waals surface area contributed by atoms with Crippen LogP contribution in [0.15, 0.2) is 54.6 Å². The predicted molar refractivity (Wildman–Crippen MR) is 129 cm³/mol. The van der Waals surface area contributed by atoms with E-state index in [1.54, 1.807) is 0 Å². The Bertz CT molecular complexity index is 1060. The van der Waals surface area contributed by atoms with Gasteiger partial charge in [-0.2, -0.15) is 0 Å². The van der Waals surface area contributed by atoms with Crippen molar-refractivity contribution in [1.29, 1.82) is 0 Å². The molecule has 3 nitrogen and oxygen atoms in total. The van der Waals surface area contributed by atoms with Crippen LogP contribution in [0.3, 0.4) is 0 Å². The van der Waals surface area contributed by atoms with Crippen LogP contribution in [0.4, 0.5) is 0 Å². The largest absolute Gasteiger partial charge is 0.339 e. The second-order valence-electron chi connectivity index (χ2n) is 8.87. The molecule has 0 bridgehead atoms. The Balaban J connectivity index is 1.90. The molecule has 1 unspecified atom stereocenters. The Labute approximate surface area is 189 Å². The topological polar surface area (TPSA) is 25.2 Å². The van der Waals surface area contributed by atoms with Crippen LogP contribution in [0.1, 0.15) is 17.3 Å². The van der Waals surface area contributed by atoms with Gasteiger partial charge in [-0.3, -0.25) is 4.79 Å². The zero-order chi connectivity index (χ0) is 21.5. The summed E-state index contributed by atoms with van der Waals surface area (Å²) in [6.07, 6.45) is 1.02. The molecule has 1 amide bonds. The normalized spacial score (nSPS) is 18.4. The summed E-state index contributed by atoms with van der Waals surface area (Å²) in [4.78, 5) is 13.9. The maximum Gasteiger partial charge on any atom is 0.210 e. The van der Waals surface area contributed by atoms with E-state index in [1.165, 1.54) is 5.56 Å². The average molecular weight is 457 g/mol. The molecule has 6 heteroatoms. The fourth-order valence-electron chi connectivity index (χ4n) is 4.46. The number of benzene rings is 2. The minimum Gasteiger partial charge on any atom is -0.339 e. The molecule has 1 atom stereocenters. The molecule has 0 saturated carbocycles. The van der Waals surface area contributed by atoms with Crippen LogP contribution in [-0.4, -0.2) is 30.5 Å². The van der Waals surface area contributed by atoms with E-state index in [0.717, 1.165) is 47.7 Å². The van der Waals surface area contributed by atoms with Gasteiger partial charge in [0, 0.05) is 28.0 Å². The fraction of sp³-hybridized carbons (Fsp3) is 0.292. The van der Waals surface area contributed by atoms with Crippen LogP contribution < -0.4 is 0 Å². The molecule has 1 aliphatic heterocycles. The first-order valence-corrected chi connectivity index (χ1v) is 14.4. The Morgan fingerprint density at radius 2 is 1.60 bits per heavy atom. The van der Waals surface area contributed by atoms with Crippen LogP contribution in [0.5, 0.6) is 0 Å². The number of halogens is 2. The molecule has 156 valence electrons. The lowest BCUT2D eigenvalue weighted by atomic mass is 10.1. The molecule has 1 fully saturated rings. The molecule has 0 spiro atoms. The minimum atomic E-state index is -1.34. The minimum absolute atomic E-state index is 0.123. The van der Waals surface area contributed by atoms with Gasteiger partial charge in [-0.15, -0.1) is 0 Å². The fourth-order valence-corrected chi connectivity index (χ4v) is 7.29. The zero-order valence-electron chi connectivity index (χ0n) is 17.5. The molecular weight excluding hydrogens is 431 g/mol. The van der Waals surface area contributed by atoms with E-state index < -0.39 is 8.07 Å². The van der Waals surface area contributed by atoms with Crippen molar-refractivity contribution in [2.45, 2.75) is 38.1 Å². The van der Waals surface area contributed by atoms with Gasteiger partial charge in [0.25, 0.3) is 0 Å². The lowest BCUT2D eigenvalue weighted by Crippen LogP contribution is -2.44. The Hall–Kier alpha value is -2.01. The first-order valence-electron chi connectivity index (χ1n) is 10.2. The van der Waals surface area contributed by atoms with Gasteiger partial charge in [-0.1, -0.05) is 48.4 Å². The Morgan fingerprint density at radius 3 is 2.20 bits per heavy atom. The molecule has 0 N–H and O–H groups in total. The van der Waals surface area contributed by atoms with E-state index in [1.807, 2.05) is 53.4 Å².